The first-order valence-corrected chi connectivity index (χ1v) is 10.7. The van der Waals surface area contributed by atoms with Crippen molar-refractivity contribution < 1.29 is 27.8 Å². The minimum Gasteiger partial charge on any atom is -0.507 e. The molecular formula is C22H19NO6S. The van der Waals surface area contributed by atoms with E-state index in [9.17, 15) is 18.3 Å². The molecule has 0 radical (unpaired) electrons. The summed E-state index contributed by atoms with van der Waals surface area (Å²) in [5, 5.41) is 9.98. The molecule has 0 amide bonds. The zero-order chi connectivity index (χ0) is 21.3. The van der Waals surface area contributed by atoms with Gasteiger partial charge in [-0.25, -0.2) is 13.2 Å². The lowest BCUT2D eigenvalue weighted by Gasteiger charge is -2.11. The van der Waals surface area contributed by atoms with Gasteiger partial charge in [-0.05, 0) is 53.1 Å². The third-order valence-corrected chi connectivity index (χ3v) is 6.20. The SMILES string of the molecule is COC(=O)c1ccc(NS(=O)(=O)c2cccc(-c3ccc4c(c3)CCO4)c2)cc1O. The van der Waals surface area contributed by atoms with Crippen LogP contribution in [0.3, 0.4) is 0 Å². The molecule has 0 aliphatic carbocycles. The Labute approximate surface area is 173 Å². The number of aromatic hydroxyl groups is 1. The second kappa shape index (κ2) is 7.72. The number of carbonyl (C=O) groups excluding carboxylic acids is 1. The lowest BCUT2D eigenvalue weighted by molar-refractivity contribution is 0.0597. The molecule has 0 bridgehead atoms. The Morgan fingerprint density at radius 3 is 2.63 bits per heavy atom. The molecule has 4 rings (SSSR count). The number of anilines is 1. The number of carbonyl (C=O) groups is 1. The summed E-state index contributed by atoms with van der Waals surface area (Å²) in [6.07, 6.45) is 0.827. The van der Waals surface area contributed by atoms with E-state index < -0.39 is 16.0 Å². The number of hydrogen-bond donors (Lipinski definition) is 2. The summed E-state index contributed by atoms with van der Waals surface area (Å²) < 4.78 is 38.2. The van der Waals surface area contributed by atoms with Crippen molar-refractivity contribution in [2.24, 2.45) is 0 Å². The molecular weight excluding hydrogens is 406 g/mol. The number of methoxy groups -OCH3 is 1. The van der Waals surface area contributed by atoms with Crippen LogP contribution in [0.15, 0.2) is 65.6 Å². The second-order valence-electron chi connectivity index (χ2n) is 6.78. The van der Waals surface area contributed by atoms with Crippen molar-refractivity contribution in [3.8, 4) is 22.6 Å². The smallest absolute Gasteiger partial charge is 0.341 e. The van der Waals surface area contributed by atoms with Crippen LogP contribution in [0.1, 0.15) is 15.9 Å². The van der Waals surface area contributed by atoms with Crippen molar-refractivity contribution >= 4 is 21.7 Å². The molecule has 3 aromatic rings. The molecule has 0 unspecified atom stereocenters. The Morgan fingerprint density at radius 2 is 1.87 bits per heavy atom. The summed E-state index contributed by atoms with van der Waals surface area (Å²) in [4.78, 5) is 11.6. The Morgan fingerprint density at radius 1 is 1.07 bits per heavy atom. The van der Waals surface area contributed by atoms with Crippen LogP contribution < -0.4 is 9.46 Å². The zero-order valence-corrected chi connectivity index (χ0v) is 16.9. The van der Waals surface area contributed by atoms with Gasteiger partial charge in [0.15, 0.2) is 0 Å². The van der Waals surface area contributed by atoms with Gasteiger partial charge in [-0.15, -0.1) is 0 Å². The van der Waals surface area contributed by atoms with Crippen molar-refractivity contribution in [3.05, 3.63) is 71.8 Å². The van der Waals surface area contributed by atoms with Gasteiger partial charge < -0.3 is 14.6 Å². The summed E-state index contributed by atoms with van der Waals surface area (Å²) in [5.41, 5.74) is 2.83. The summed E-state index contributed by atoms with van der Waals surface area (Å²) in [6, 6.07) is 16.2. The van der Waals surface area contributed by atoms with Crippen LogP contribution in [-0.2, 0) is 21.2 Å². The molecule has 1 aliphatic heterocycles. The van der Waals surface area contributed by atoms with Gasteiger partial charge >= 0.3 is 5.97 Å². The molecule has 3 aromatic carbocycles. The van der Waals surface area contributed by atoms with Crippen molar-refractivity contribution in [2.75, 3.05) is 18.4 Å². The Balaban J connectivity index is 1.61. The standard InChI is InChI=1S/C22H19NO6S/c1-28-22(25)19-7-6-17(13-20(19)24)23-30(26,27)18-4-2-3-14(12-18)15-5-8-21-16(11-15)9-10-29-21/h2-8,11-13,23-24H,9-10H2,1H3. The summed E-state index contributed by atoms with van der Waals surface area (Å²) in [5.74, 6) is -0.232. The quantitative estimate of drug-likeness (QED) is 0.606. The molecule has 154 valence electrons. The van der Waals surface area contributed by atoms with Crippen LogP contribution in [0.4, 0.5) is 5.69 Å². The van der Waals surface area contributed by atoms with Gasteiger partial charge in [0, 0.05) is 12.5 Å². The fraction of sp³-hybridized carbons (Fsp3) is 0.136. The van der Waals surface area contributed by atoms with Gasteiger partial charge in [-0.1, -0.05) is 18.2 Å². The highest BCUT2D eigenvalue weighted by atomic mass is 32.2. The first-order valence-electron chi connectivity index (χ1n) is 9.18. The number of hydrogen-bond acceptors (Lipinski definition) is 6. The summed E-state index contributed by atoms with van der Waals surface area (Å²) >= 11 is 0. The molecule has 8 heteroatoms. The first-order chi connectivity index (χ1) is 14.4. The molecule has 0 saturated carbocycles. The largest absolute Gasteiger partial charge is 0.507 e. The number of phenolic OH excluding ortho intramolecular Hbond substituents is 1. The Kier molecular flexibility index (Phi) is 5.09. The number of fused-ring (bicyclic) bond motifs is 1. The molecule has 0 aromatic heterocycles. The van der Waals surface area contributed by atoms with E-state index in [0.29, 0.717) is 6.61 Å². The Hall–Kier alpha value is -3.52. The van der Waals surface area contributed by atoms with Crippen LogP contribution in [0.25, 0.3) is 11.1 Å². The van der Waals surface area contributed by atoms with E-state index in [2.05, 4.69) is 9.46 Å². The number of nitrogens with one attached hydrogen (secondary N) is 1. The van der Waals surface area contributed by atoms with E-state index in [-0.39, 0.29) is 21.9 Å². The molecule has 0 atom stereocenters. The van der Waals surface area contributed by atoms with Gasteiger partial charge in [0.1, 0.15) is 17.1 Å². The van der Waals surface area contributed by atoms with Gasteiger partial charge in [-0.2, -0.15) is 0 Å². The highest BCUT2D eigenvalue weighted by molar-refractivity contribution is 7.92. The van der Waals surface area contributed by atoms with Gasteiger partial charge in [0.25, 0.3) is 10.0 Å². The van der Waals surface area contributed by atoms with Crippen LogP contribution in [-0.4, -0.2) is 33.2 Å². The molecule has 0 fully saturated rings. The predicted octanol–water partition coefficient (Wildman–Crippen LogP) is 3.58. The van der Waals surface area contributed by atoms with Gasteiger partial charge in [0.2, 0.25) is 0 Å². The Bertz CT molecular complexity index is 1240. The first kappa shape index (κ1) is 19.8. The van der Waals surface area contributed by atoms with Crippen molar-refractivity contribution in [2.45, 2.75) is 11.3 Å². The van der Waals surface area contributed by atoms with E-state index in [1.807, 2.05) is 24.3 Å². The van der Waals surface area contributed by atoms with Gasteiger partial charge in [0.05, 0.1) is 24.3 Å². The van der Waals surface area contributed by atoms with E-state index in [1.54, 1.807) is 12.1 Å². The average Bonchev–Trinajstić information content (AvgIpc) is 3.21. The van der Waals surface area contributed by atoms with Crippen LogP contribution in [0.5, 0.6) is 11.5 Å². The lowest BCUT2D eigenvalue weighted by atomic mass is 10.0. The van der Waals surface area contributed by atoms with Crippen molar-refractivity contribution in [1.82, 2.24) is 0 Å². The van der Waals surface area contributed by atoms with Crippen molar-refractivity contribution in [1.29, 1.82) is 0 Å². The molecule has 30 heavy (non-hydrogen) atoms. The number of phenols is 1. The number of benzene rings is 3. The third kappa shape index (κ3) is 3.81. The molecule has 0 spiro atoms. The molecule has 1 aliphatic rings. The highest BCUT2D eigenvalue weighted by Gasteiger charge is 2.18. The molecule has 2 N–H and O–H groups in total. The minimum atomic E-state index is -3.91. The monoisotopic (exact) mass is 425 g/mol. The number of ether oxygens (including phenoxy) is 2. The third-order valence-electron chi connectivity index (χ3n) is 4.82. The topological polar surface area (TPSA) is 102 Å². The van der Waals surface area contributed by atoms with Gasteiger partial charge in [-0.3, -0.25) is 4.72 Å². The summed E-state index contributed by atoms with van der Waals surface area (Å²) in [6.45, 7) is 0.652. The predicted molar refractivity (Wildman–Crippen MR) is 111 cm³/mol. The summed E-state index contributed by atoms with van der Waals surface area (Å²) in [7, 11) is -2.72. The molecule has 0 saturated heterocycles. The van der Waals surface area contributed by atoms with E-state index in [1.165, 1.54) is 25.3 Å². The normalized spacial score (nSPS) is 12.7. The maximum absolute atomic E-state index is 12.9. The maximum atomic E-state index is 12.9. The minimum absolute atomic E-state index is 0.0527. The second-order valence-corrected chi connectivity index (χ2v) is 8.46. The van der Waals surface area contributed by atoms with E-state index in [0.717, 1.165) is 34.9 Å². The van der Waals surface area contributed by atoms with E-state index >= 15 is 0 Å². The fourth-order valence-corrected chi connectivity index (χ4v) is 4.40. The zero-order valence-electron chi connectivity index (χ0n) is 16.1. The number of esters is 1. The van der Waals surface area contributed by atoms with Crippen LogP contribution in [0.2, 0.25) is 0 Å². The molecule has 1 heterocycles. The molecule has 7 nitrogen and oxygen atoms in total. The lowest BCUT2D eigenvalue weighted by Crippen LogP contribution is -2.13. The van der Waals surface area contributed by atoms with Crippen molar-refractivity contribution in [3.63, 3.8) is 0 Å². The average molecular weight is 425 g/mol. The van der Waals surface area contributed by atoms with Crippen LogP contribution >= 0.6 is 0 Å². The highest BCUT2D eigenvalue weighted by Crippen LogP contribution is 2.32. The fourth-order valence-electron chi connectivity index (χ4n) is 3.30. The van der Waals surface area contributed by atoms with E-state index in [4.69, 9.17) is 4.74 Å². The number of rotatable bonds is 5. The van der Waals surface area contributed by atoms with Crippen LogP contribution in [0, 0.1) is 0 Å². The maximum Gasteiger partial charge on any atom is 0.341 e. The number of sulfonamides is 1.